The second kappa shape index (κ2) is 6.66. The zero-order valence-electron chi connectivity index (χ0n) is 9.63. The lowest BCUT2D eigenvalue weighted by Gasteiger charge is -2.18. The fourth-order valence-electron chi connectivity index (χ4n) is 1.68. The Morgan fingerprint density at radius 1 is 1.31 bits per heavy atom. The van der Waals surface area contributed by atoms with Crippen molar-refractivity contribution in [2.24, 2.45) is 0 Å². The van der Waals surface area contributed by atoms with Crippen LogP contribution in [0.4, 0.5) is 0 Å². The molecular weight excluding hydrogens is 208 g/mol. The molecular formula is C12H20O4. The molecule has 1 rings (SSSR count). The van der Waals surface area contributed by atoms with Crippen molar-refractivity contribution >= 4 is 5.97 Å². The molecule has 0 fully saturated rings. The summed E-state index contributed by atoms with van der Waals surface area (Å²) in [4.78, 5) is 11.4. The minimum atomic E-state index is -1.47. The summed E-state index contributed by atoms with van der Waals surface area (Å²) >= 11 is 0. The van der Waals surface area contributed by atoms with Crippen molar-refractivity contribution in [1.82, 2.24) is 0 Å². The molecule has 1 heterocycles. The number of ether oxygens (including phenoxy) is 1. The molecule has 0 bridgehead atoms. The smallest absolute Gasteiger partial charge is 0.338 e. The fraction of sp³-hybridized carbons (Fsp3) is 0.750. The molecule has 0 aromatic carbocycles. The number of aliphatic hydroxyl groups excluding tert-OH is 2. The maximum atomic E-state index is 11.4. The number of carbonyl (C=O) groups is 1. The van der Waals surface area contributed by atoms with Crippen LogP contribution < -0.4 is 0 Å². The molecule has 1 aliphatic rings. The number of hydrogen-bond donors (Lipinski definition) is 2. The number of carbonyl (C=O) groups excluding carboxylic acids is 1. The van der Waals surface area contributed by atoms with Crippen LogP contribution in [0.15, 0.2) is 12.2 Å². The van der Waals surface area contributed by atoms with Gasteiger partial charge in [0.1, 0.15) is 6.10 Å². The molecule has 0 aromatic rings. The van der Waals surface area contributed by atoms with Crippen LogP contribution in [0.2, 0.25) is 0 Å². The molecule has 0 radical (unpaired) electrons. The number of cyclic esters (lactones) is 1. The van der Waals surface area contributed by atoms with Crippen molar-refractivity contribution in [3.05, 3.63) is 12.2 Å². The monoisotopic (exact) mass is 228 g/mol. The first-order valence-electron chi connectivity index (χ1n) is 5.84. The SMILES string of the molecule is CC1CCCCCC=CC(O)C(O)C(=O)O1. The second-order valence-corrected chi connectivity index (χ2v) is 4.25. The fourth-order valence-corrected chi connectivity index (χ4v) is 1.68. The largest absolute Gasteiger partial charge is 0.461 e. The summed E-state index contributed by atoms with van der Waals surface area (Å²) in [5, 5.41) is 19.0. The Labute approximate surface area is 95.9 Å². The van der Waals surface area contributed by atoms with Gasteiger partial charge >= 0.3 is 5.97 Å². The van der Waals surface area contributed by atoms with Crippen LogP contribution in [0.1, 0.15) is 39.0 Å². The first kappa shape index (κ1) is 13.2. The van der Waals surface area contributed by atoms with Crippen LogP contribution in [-0.2, 0) is 9.53 Å². The lowest BCUT2D eigenvalue weighted by Crippen LogP contribution is -2.35. The van der Waals surface area contributed by atoms with E-state index in [4.69, 9.17) is 4.74 Å². The average molecular weight is 228 g/mol. The number of aliphatic hydroxyl groups is 2. The number of hydrogen-bond acceptors (Lipinski definition) is 4. The van der Waals surface area contributed by atoms with E-state index in [2.05, 4.69) is 0 Å². The van der Waals surface area contributed by atoms with E-state index in [0.717, 1.165) is 32.1 Å². The Kier molecular flexibility index (Phi) is 5.49. The highest BCUT2D eigenvalue weighted by atomic mass is 16.6. The van der Waals surface area contributed by atoms with E-state index < -0.39 is 18.2 Å². The van der Waals surface area contributed by atoms with Gasteiger partial charge in [-0.15, -0.1) is 0 Å². The third-order valence-electron chi connectivity index (χ3n) is 2.70. The summed E-state index contributed by atoms with van der Waals surface area (Å²) in [5.41, 5.74) is 0. The van der Waals surface area contributed by atoms with Crippen LogP contribution in [0.5, 0.6) is 0 Å². The Bertz CT molecular complexity index is 249. The normalized spacial score (nSPS) is 33.7. The first-order chi connectivity index (χ1) is 7.61. The summed E-state index contributed by atoms with van der Waals surface area (Å²) in [6.07, 6.45) is 5.25. The van der Waals surface area contributed by atoms with Crippen LogP contribution in [0, 0.1) is 0 Å². The zero-order valence-corrected chi connectivity index (χ0v) is 9.63. The van der Waals surface area contributed by atoms with E-state index in [1.54, 1.807) is 13.0 Å². The molecule has 3 unspecified atom stereocenters. The summed E-state index contributed by atoms with van der Waals surface area (Å²) in [7, 11) is 0. The molecule has 16 heavy (non-hydrogen) atoms. The molecule has 0 aromatic heterocycles. The Hall–Kier alpha value is -0.870. The highest BCUT2D eigenvalue weighted by Gasteiger charge is 2.25. The van der Waals surface area contributed by atoms with Crippen molar-refractivity contribution in [1.29, 1.82) is 0 Å². The van der Waals surface area contributed by atoms with E-state index in [1.807, 2.05) is 0 Å². The van der Waals surface area contributed by atoms with Crippen molar-refractivity contribution < 1.29 is 19.7 Å². The van der Waals surface area contributed by atoms with Gasteiger partial charge in [-0.1, -0.05) is 18.6 Å². The van der Waals surface area contributed by atoms with Crippen LogP contribution in [-0.4, -0.2) is 34.5 Å². The van der Waals surface area contributed by atoms with Gasteiger partial charge in [-0.05, 0) is 32.6 Å². The molecule has 0 saturated carbocycles. The van der Waals surface area contributed by atoms with Gasteiger partial charge in [0, 0.05) is 0 Å². The van der Waals surface area contributed by atoms with Crippen molar-refractivity contribution in [3.63, 3.8) is 0 Å². The minimum absolute atomic E-state index is 0.197. The number of esters is 1. The highest BCUT2D eigenvalue weighted by Crippen LogP contribution is 2.12. The summed E-state index contributed by atoms with van der Waals surface area (Å²) < 4.78 is 5.02. The highest BCUT2D eigenvalue weighted by molar-refractivity contribution is 5.75. The van der Waals surface area contributed by atoms with Crippen LogP contribution >= 0.6 is 0 Å². The predicted octanol–water partition coefficient (Wildman–Crippen LogP) is 1.16. The lowest BCUT2D eigenvalue weighted by atomic mass is 10.1. The number of rotatable bonds is 0. The minimum Gasteiger partial charge on any atom is -0.461 e. The van der Waals surface area contributed by atoms with Gasteiger partial charge in [-0.3, -0.25) is 0 Å². The second-order valence-electron chi connectivity index (χ2n) is 4.25. The predicted molar refractivity (Wildman–Crippen MR) is 59.8 cm³/mol. The third kappa shape index (κ3) is 4.33. The Morgan fingerprint density at radius 3 is 2.81 bits per heavy atom. The average Bonchev–Trinajstić information content (AvgIpc) is 2.25. The first-order valence-corrected chi connectivity index (χ1v) is 5.84. The van der Waals surface area contributed by atoms with E-state index in [0.29, 0.717) is 0 Å². The van der Waals surface area contributed by atoms with E-state index in [-0.39, 0.29) is 6.10 Å². The maximum Gasteiger partial charge on any atom is 0.338 e. The summed E-state index contributed by atoms with van der Waals surface area (Å²) in [6, 6.07) is 0. The molecule has 92 valence electrons. The van der Waals surface area contributed by atoms with E-state index in [9.17, 15) is 15.0 Å². The van der Waals surface area contributed by atoms with Crippen LogP contribution in [0.3, 0.4) is 0 Å². The standard InChI is InChI=1S/C12H20O4/c1-9-7-5-3-2-4-6-8-10(13)11(14)12(15)16-9/h6,8-11,13-14H,2-5,7H2,1H3. The molecule has 2 N–H and O–H groups in total. The van der Waals surface area contributed by atoms with Gasteiger partial charge in [0.2, 0.25) is 0 Å². The van der Waals surface area contributed by atoms with Gasteiger partial charge in [-0.2, -0.15) is 0 Å². The molecule has 0 aliphatic carbocycles. The van der Waals surface area contributed by atoms with Crippen molar-refractivity contribution in [2.45, 2.75) is 57.3 Å². The summed E-state index contributed by atoms with van der Waals surface area (Å²) in [5.74, 6) is -0.745. The molecule has 4 heteroatoms. The van der Waals surface area contributed by atoms with Crippen LogP contribution in [0.25, 0.3) is 0 Å². The summed E-state index contributed by atoms with van der Waals surface area (Å²) in [6.45, 7) is 1.80. The maximum absolute atomic E-state index is 11.4. The van der Waals surface area contributed by atoms with Gasteiger partial charge in [0.25, 0.3) is 0 Å². The third-order valence-corrected chi connectivity index (χ3v) is 2.70. The molecule has 4 nitrogen and oxygen atoms in total. The van der Waals surface area contributed by atoms with Gasteiger partial charge in [0.15, 0.2) is 6.10 Å². The Balaban J connectivity index is 2.61. The molecule has 1 aliphatic heterocycles. The molecule has 0 amide bonds. The van der Waals surface area contributed by atoms with Gasteiger partial charge in [-0.25, -0.2) is 4.79 Å². The molecule has 3 atom stereocenters. The van der Waals surface area contributed by atoms with E-state index in [1.165, 1.54) is 6.08 Å². The quantitative estimate of drug-likeness (QED) is 0.482. The van der Waals surface area contributed by atoms with Crippen molar-refractivity contribution in [3.8, 4) is 0 Å². The van der Waals surface area contributed by atoms with Gasteiger partial charge in [0.05, 0.1) is 6.10 Å². The number of allylic oxidation sites excluding steroid dienone is 1. The van der Waals surface area contributed by atoms with E-state index >= 15 is 0 Å². The lowest BCUT2D eigenvalue weighted by molar-refractivity contribution is -0.163. The zero-order chi connectivity index (χ0) is 12.0. The molecule has 0 spiro atoms. The van der Waals surface area contributed by atoms with Crippen molar-refractivity contribution in [2.75, 3.05) is 0 Å². The van der Waals surface area contributed by atoms with Gasteiger partial charge < -0.3 is 14.9 Å². The Morgan fingerprint density at radius 2 is 2.06 bits per heavy atom. The topological polar surface area (TPSA) is 66.8 Å². The molecule has 0 saturated heterocycles.